The van der Waals surface area contributed by atoms with Crippen LogP contribution in [-0.2, 0) is 12.8 Å². The van der Waals surface area contributed by atoms with Gasteiger partial charge >= 0.3 is 0 Å². The Hall–Kier alpha value is -3.63. The summed E-state index contributed by atoms with van der Waals surface area (Å²) in [4.78, 5) is 14.7. The highest BCUT2D eigenvalue weighted by atomic mass is 14.9. The SMILES string of the molecule is [B]CCC(CNC(=C=C)c1cc(C)c(N)c(C=NC2CC2)c1)c1cc(C(C)CC)c(C)c(-c2ccnc3c2CCC3)n1. The van der Waals surface area contributed by atoms with Crippen LogP contribution in [0.4, 0.5) is 5.69 Å². The lowest BCUT2D eigenvalue weighted by molar-refractivity contribution is 0.613. The fourth-order valence-electron chi connectivity index (χ4n) is 6.07. The summed E-state index contributed by atoms with van der Waals surface area (Å²) in [5, 5.41) is 3.65. The molecule has 3 aromatic rings. The molecular weight excluding hydrogens is 513 g/mol. The summed E-state index contributed by atoms with van der Waals surface area (Å²) < 4.78 is 0. The van der Waals surface area contributed by atoms with Crippen LogP contribution in [0.15, 0.2) is 47.8 Å². The third-order valence-corrected chi connectivity index (χ3v) is 9.03. The first-order chi connectivity index (χ1) is 20.3. The first-order valence-corrected chi connectivity index (χ1v) is 15.6. The number of anilines is 1. The number of rotatable bonds is 12. The zero-order valence-corrected chi connectivity index (χ0v) is 25.8. The lowest BCUT2D eigenvalue weighted by Gasteiger charge is -2.24. The van der Waals surface area contributed by atoms with Gasteiger partial charge in [-0.1, -0.05) is 33.2 Å². The molecule has 6 heteroatoms. The maximum Gasteiger partial charge on any atom is 0.0841 e. The Bertz CT molecular complexity index is 1530. The predicted molar refractivity (Wildman–Crippen MR) is 178 cm³/mol. The molecule has 2 unspecified atom stereocenters. The number of benzene rings is 1. The molecule has 2 aliphatic carbocycles. The zero-order valence-electron chi connectivity index (χ0n) is 25.8. The largest absolute Gasteiger partial charge is 0.398 e. The minimum Gasteiger partial charge on any atom is -0.398 e. The standard InChI is InChI=1S/C36H44BN5/c1-6-22(3)31-19-34(42-36(24(31)5)30-14-16-39-33-10-8-9-29(30)33)25(13-15-37)20-41-32(7-2)26-17-23(4)35(38)27(18-26)21-40-28-11-12-28/h14,16-19,21-22,25,28,41H,2,6,8-13,15,20,38H2,1,3-5H3. The molecule has 2 atom stereocenters. The van der Waals surface area contributed by atoms with E-state index in [0.29, 0.717) is 24.8 Å². The van der Waals surface area contributed by atoms with Crippen LogP contribution in [0.25, 0.3) is 17.0 Å². The van der Waals surface area contributed by atoms with Crippen LogP contribution in [0.5, 0.6) is 0 Å². The van der Waals surface area contributed by atoms with Crippen LogP contribution in [0.2, 0.25) is 6.32 Å². The summed E-state index contributed by atoms with van der Waals surface area (Å²) in [6.07, 6.45) is 11.9. The third-order valence-electron chi connectivity index (χ3n) is 9.03. The van der Waals surface area contributed by atoms with E-state index in [1.54, 1.807) is 0 Å². The summed E-state index contributed by atoms with van der Waals surface area (Å²) in [7, 11) is 6.19. The van der Waals surface area contributed by atoms with E-state index in [0.717, 1.165) is 84.4 Å². The van der Waals surface area contributed by atoms with E-state index >= 15 is 0 Å². The van der Waals surface area contributed by atoms with Crippen molar-refractivity contribution in [1.29, 1.82) is 0 Å². The number of fused-ring (bicyclic) bond motifs is 1. The van der Waals surface area contributed by atoms with Crippen molar-refractivity contribution in [1.82, 2.24) is 15.3 Å². The van der Waals surface area contributed by atoms with Crippen LogP contribution in [0.3, 0.4) is 0 Å². The summed E-state index contributed by atoms with van der Waals surface area (Å²) in [6, 6.07) is 9.10. The molecule has 0 bridgehead atoms. The van der Waals surface area contributed by atoms with Crippen molar-refractivity contribution in [3.8, 4) is 11.3 Å². The van der Waals surface area contributed by atoms with Crippen molar-refractivity contribution in [2.24, 2.45) is 4.99 Å². The van der Waals surface area contributed by atoms with Crippen LogP contribution in [0.1, 0.15) is 103 Å². The Kier molecular flexibility index (Phi) is 9.33. The fourth-order valence-corrected chi connectivity index (χ4v) is 6.07. The lowest BCUT2D eigenvalue weighted by Crippen LogP contribution is -2.22. The normalized spacial score (nSPS) is 15.8. The molecule has 2 aliphatic rings. The van der Waals surface area contributed by atoms with Gasteiger partial charge in [-0.2, -0.15) is 0 Å². The molecule has 0 aliphatic heterocycles. The van der Waals surface area contributed by atoms with Gasteiger partial charge in [0.1, 0.15) is 0 Å². The second kappa shape index (κ2) is 13.1. The molecule has 1 saturated carbocycles. The number of aromatic nitrogens is 2. The average molecular weight is 558 g/mol. The van der Waals surface area contributed by atoms with E-state index in [4.69, 9.17) is 18.6 Å². The number of nitrogens with one attached hydrogen (secondary N) is 1. The number of pyridine rings is 2. The van der Waals surface area contributed by atoms with Gasteiger partial charge in [-0.25, -0.2) is 0 Å². The summed E-state index contributed by atoms with van der Waals surface area (Å²) in [5.74, 6) is 0.560. The number of nitrogens with zero attached hydrogens (tertiary/aromatic N) is 3. The molecule has 5 nitrogen and oxygen atoms in total. The van der Waals surface area contributed by atoms with Crippen LogP contribution in [-0.4, -0.2) is 36.6 Å². The molecule has 5 rings (SSSR count). The molecule has 42 heavy (non-hydrogen) atoms. The molecule has 0 spiro atoms. The van der Waals surface area contributed by atoms with Gasteiger partial charge in [0, 0.05) is 58.6 Å². The highest BCUT2D eigenvalue weighted by Gasteiger charge is 2.24. The smallest absolute Gasteiger partial charge is 0.0841 e. The van der Waals surface area contributed by atoms with E-state index in [-0.39, 0.29) is 5.92 Å². The van der Waals surface area contributed by atoms with Gasteiger partial charge in [0.15, 0.2) is 0 Å². The molecule has 216 valence electrons. The number of hydrogen-bond donors (Lipinski definition) is 2. The second-order valence-electron chi connectivity index (χ2n) is 12.1. The number of nitrogens with two attached hydrogens (primary N) is 1. The van der Waals surface area contributed by atoms with Gasteiger partial charge in [-0.05, 0) is 105 Å². The lowest BCUT2D eigenvalue weighted by atomic mass is 9.86. The molecule has 3 N–H and O–H groups in total. The minimum atomic E-state index is 0.126. The predicted octanol–water partition coefficient (Wildman–Crippen LogP) is 7.40. The van der Waals surface area contributed by atoms with E-state index in [1.165, 1.54) is 27.9 Å². The monoisotopic (exact) mass is 557 g/mol. The fraction of sp³-hybridized carbons (Fsp3) is 0.444. The van der Waals surface area contributed by atoms with Gasteiger partial charge in [-0.3, -0.25) is 15.0 Å². The van der Waals surface area contributed by atoms with E-state index < -0.39 is 0 Å². The Morgan fingerprint density at radius 2 is 2.07 bits per heavy atom. The number of hydrogen-bond acceptors (Lipinski definition) is 5. The molecule has 1 fully saturated rings. The van der Waals surface area contributed by atoms with E-state index in [9.17, 15) is 0 Å². The topological polar surface area (TPSA) is 76.2 Å². The van der Waals surface area contributed by atoms with Gasteiger partial charge < -0.3 is 11.1 Å². The van der Waals surface area contributed by atoms with Crippen molar-refractivity contribution in [2.75, 3.05) is 12.3 Å². The molecule has 2 aromatic heterocycles. The first kappa shape index (κ1) is 29.9. The van der Waals surface area contributed by atoms with Crippen molar-refractivity contribution < 1.29 is 0 Å². The Balaban J connectivity index is 1.48. The second-order valence-corrected chi connectivity index (χ2v) is 12.1. The van der Waals surface area contributed by atoms with Crippen molar-refractivity contribution >= 4 is 25.4 Å². The van der Waals surface area contributed by atoms with Crippen molar-refractivity contribution in [2.45, 2.75) is 96.8 Å². The van der Waals surface area contributed by atoms with Crippen LogP contribution in [0, 0.1) is 13.8 Å². The zero-order chi connectivity index (χ0) is 29.8. The maximum atomic E-state index is 6.41. The van der Waals surface area contributed by atoms with Crippen molar-refractivity contribution in [3.05, 3.63) is 87.5 Å². The third kappa shape index (κ3) is 6.39. The minimum absolute atomic E-state index is 0.126. The van der Waals surface area contributed by atoms with Crippen molar-refractivity contribution in [3.63, 3.8) is 0 Å². The molecule has 2 radical (unpaired) electrons. The molecular formula is C36H44BN5. The maximum absolute atomic E-state index is 6.41. The Morgan fingerprint density at radius 1 is 1.26 bits per heavy atom. The summed E-state index contributed by atoms with van der Waals surface area (Å²) in [6.45, 7) is 13.5. The van der Waals surface area contributed by atoms with E-state index in [2.05, 4.69) is 72.6 Å². The highest BCUT2D eigenvalue weighted by Crippen LogP contribution is 2.37. The Labute approximate surface area is 253 Å². The highest BCUT2D eigenvalue weighted by molar-refractivity contribution is 6.08. The summed E-state index contributed by atoms with van der Waals surface area (Å²) in [5.41, 5.74) is 22.8. The van der Waals surface area contributed by atoms with Crippen LogP contribution >= 0.6 is 0 Å². The molecule has 1 aromatic carbocycles. The molecule has 2 heterocycles. The number of aryl methyl sites for hydroxylation is 2. The quantitative estimate of drug-likeness (QED) is 0.105. The molecule has 0 saturated heterocycles. The first-order valence-electron chi connectivity index (χ1n) is 15.6. The van der Waals surface area contributed by atoms with Crippen LogP contribution < -0.4 is 11.1 Å². The summed E-state index contributed by atoms with van der Waals surface area (Å²) >= 11 is 0. The van der Waals surface area contributed by atoms with Gasteiger partial charge in [0.05, 0.1) is 25.3 Å². The number of aliphatic imine (C=N–C) groups is 1. The number of nitrogen functional groups attached to an aromatic ring is 1. The van der Waals surface area contributed by atoms with E-state index in [1.807, 2.05) is 19.3 Å². The Morgan fingerprint density at radius 3 is 2.79 bits per heavy atom. The van der Waals surface area contributed by atoms with Gasteiger partial charge in [0.2, 0.25) is 0 Å². The van der Waals surface area contributed by atoms with Gasteiger partial charge in [0.25, 0.3) is 0 Å². The molecule has 0 amide bonds. The average Bonchev–Trinajstić information content (AvgIpc) is 3.70. The van der Waals surface area contributed by atoms with Gasteiger partial charge in [-0.15, -0.1) is 5.73 Å².